The normalized spacial score (nSPS) is 11.3. The van der Waals surface area contributed by atoms with Gasteiger partial charge >= 0.3 is 0 Å². The average Bonchev–Trinajstić information content (AvgIpc) is 2.99. The van der Waals surface area contributed by atoms with Crippen molar-refractivity contribution in [2.75, 3.05) is 0 Å². The van der Waals surface area contributed by atoms with Gasteiger partial charge in [0.15, 0.2) is 5.65 Å². The molecule has 0 atom stereocenters. The van der Waals surface area contributed by atoms with Crippen molar-refractivity contribution >= 4 is 38.7 Å². The fourth-order valence-corrected chi connectivity index (χ4v) is 2.77. The Bertz CT molecular complexity index is 748. The van der Waals surface area contributed by atoms with E-state index in [4.69, 9.17) is 11.6 Å². The molecule has 0 saturated carbocycles. The molecule has 0 fully saturated rings. The number of pyridine rings is 1. The molecule has 5 nitrogen and oxygen atoms in total. The maximum Gasteiger partial charge on any atom is 0.160 e. The number of rotatable bonds is 4. The van der Waals surface area contributed by atoms with Gasteiger partial charge in [0.25, 0.3) is 0 Å². The molecule has 0 radical (unpaired) electrons. The third kappa shape index (κ3) is 2.45. The van der Waals surface area contributed by atoms with Gasteiger partial charge in [-0.05, 0) is 28.1 Å². The first-order chi connectivity index (χ1) is 9.69. The molecule has 7 heteroatoms. The van der Waals surface area contributed by atoms with Crippen LogP contribution in [0.2, 0.25) is 0 Å². The van der Waals surface area contributed by atoms with E-state index in [-0.39, 0.29) is 0 Å². The van der Waals surface area contributed by atoms with Crippen LogP contribution in [-0.4, -0.2) is 24.3 Å². The highest BCUT2D eigenvalue weighted by atomic mass is 79.9. The summed E-state index contributed by atoms with van der Waals surface area (Å²) in [6.45, 7) is 0.784. The van der Waals surface area contributed by atoms with E-state index < -0.39 is 0 Å². The van der Waals surface area contributed by atoms with Gasteiger partial charge in [0.1, 0.15) is 11.3 Å². The molecule has 0 bridgehead atoms. The molecule has 3 aromatic heterocycles. The number of aryl methyl sites for hydroxylation is 3. The van der Waals surface area contributed by atoms with Crippen LogP contribution in [-0.2, 0) is 25.9 Å². The third-order valence-electron chi connectivity index (χ3n) is 3.26. The van der Waals surface area contributed by atoms with E-state index in [1.807, 2.05) is 23.9 Å². The van der Waals surface area contributed by atoms with Crippen molar-refractivity contribution in [3.63, 3.8) is 0 Å². The second-order valence-corrected chi connectivity index (χ2v) is 5.69. The first kappa shape index (κ1) is 13.6. The van der Waals surface area contributed by atoms with Crippen LogP contribution in [0.4, 0.5) is 0 Å². The lowest BCUT2D eigenvalue weighted by atomic mass is 10.3. The number of aromatic nitrogens is 5. The summed E-state index contributed by atoms with van der Waals surface area (Å²) in [5.41, 5.74) is 2.90. The quantitative estimate of drug-likeness (QED) is 0.677. The van der Waals surface area contributed by atoms with E-state index in [1.165, 1.54) is 5.69 Å². The molecule has 3 heterocycles. The number of fused-ring (bicyclic) bond motifs is 1. The minimum absolute atomic E-state index is 0.374. The van der Waals surface area contributed by atoms with Gasteiger partial charge in [-0.2, -0.15) is 5.10 Å². The van der Waals surface area contributed by atoms with Gasteiger partial charge in [0, 0.05) is 42.6 Å². The Balaban J connectivity index is 1.95. The number of hydrogen-bond donors (Lipinski definition) is 0. The summed E-state index contributed by atoms with van der Waals surface area (Å²) >= 11 is 9.41. The second-order valence-electron chi connectivity index (χ2n) is 4.51. The van der Waals surface area contributed by atoms with Gasteiger partial charge in [-0.15, -0.1) is 11.6 Å². The molecule has 0 aliphatic carbocycles. The Labute approximate surface area is 129 Å². The average molecular weight is 355 g/mol. The monoisotopic (exact) mass is 353 g/mol. The van der Waals surface area contributed by atoms with E-state index in [0.717, 1.165) is 34.4 Å². The Morgan fingerprint density at radius 1 is 1.40 bits per heavy atom. The lowest BCUT2D eigenvalue weighted by Gasteiger charge is -2.07. The van der Waals surface area contributed by atoms with Crippen LogP contribution in [0, 0.1) is 0 Å². The Kier molecular flexibility index (Phi) is 3.76. The zero-order valence-electron chi connectivity index (χ0n) is 10.9. The van der Waals surface area contributed by atoms with Crippen molar-refractivity contribution in [1.29, 1.82) is 0 Å². The van der Waals surface area contributed by atoms with Crippen molar-refractivity contribution in [2.24, 2.45) is 7.05 Å². The van der Waals surface area contributed by atoms with E-state index in [2.05, 4.69) is 35.6 Å². The molecule has 0 unspecified atom stereocenters. The number of alkyl halides is 1. The standard InChI is InChI=1S/C13H13BrClN5/c1-19-10(2-4-17-19)3-5-20-12(7-15)18-11-6-9(14)8-16-13(11)20/h2,4,6,8H,3,5,7H2,1H3. The van der Waals surface area contributed by atoms with Gasteiger partial charge in [0.2, 0.25) is 0 Å². The molecule has 20 heavy (non-hydrogen) atoms. The maximum atomic E-state index is 5.99. The third-order valence-corrected chi connectivity index (χ3v) is 3.94. The first-order valence-corrected chi connectivity index (χ1v) is 7.55. The van der Waals surface area contributed by atoms with Crippen LogP contribution in [0.5, 0.6) is 0 Å². The molecule has 0 saturated heterocycles. The van der Waals surface area contributed by atoms with Crippen LogP contribution < -0.4 is 0 Å². The maximum absolute atomic E-state index is 5.99. The zero-order valence-corrected chi connectivity index (χ0v) is 13.3. The molecule has 0 aliphatic rings. The molecular formula is C13H13BrClN5. The fourth-order valence-electron chi connectivity index (χ4n) is 2.24. The smallest absolute Gasteiger partial charge is 0.160 e. The van der Waals surface area contributed by atoms with Crippen molar-refractivity contribution < 1.29 is 0 Å². The van der Waals surface area contributed by atoms with Gasteiger partial charge in [-0.1, -0.05) is 0 Å². The summed E-state index contributed by atoms with van der Waals surface area (Å²) in [5.74, 6) is 1.22. The SMILES string of the molecule is Cn1nccc1CCn1c(CCl)nc2cc(Br)cnc21. The highest BCUT2D eigenvalue weighted by Gasteiger charge is 2.12. The Morgan fingerprint density at radius 2 is 2.25 bits per heavy atom. The second kappa shape index (κ2) is 5.54. The highest BCUT2D eigenvalue weighted by Crippen LogP contribution is 2.20. The zero-order chi connectivity index (χ0) is 14.1. The summed E-state index contributed by atoms with van der Waals surface area (Å²) < 4.78 is 4.87. The molecule has 0 amide bonds. The molecular weight excluding hydrogens is 342 g/mol. The fraction of sp³-hybridized carbons (Fsp3) is 0.308. The van der Waals surface area contributed by atoms with Gasteiger partial charge in [-0.25, -0.2) is 9.97 Å². The van der Waals surface area contributed by atoms with E-state index >= 15 is 0 Å². The minimum atomic E-state index is 0.374. The summed E-state index contributed by atoms with van der Waals surface area (Å²) in [5, 5.41) is 4.18. The Morgan fingerprint density at radius 3 is 2.95 bits per heavy atom. The molecule has 3 rings (SSSR count). The predicted octanol–water partition coefficient (Wildman–Crippen LogP) is 2.91. The molecule has 0 N–H and O–H groups in total. The Hall–Kier alpha value is -1.40. The van der Waals surface area contributed by atoms with E-state index in [0.29, 0.717) is 5.88 Å². The lowest BCUT2D eigenvalue weighted by molar-refractivity contribution is 0.631. The van der Waals surface area contributed by atoms with E-state index in [9.17, 15) is 0 Å². The van der Waals surface area contributed by atoms with Crippen molar-refractivity contribution in [3.05, 3.63) is 40.5 Å². The van der Waals surface area contributed by atoms with Gasteiger partial charge in [0.05, 0.1) is 5.88 Å². The molecule has 0 spiro atoms. The van der Waals surface area contributed by atoms with Crippen LogP contribution in [0.3, 0.4) is 0 Å². The number of hydrogen-bond acceptors (Lipinski definition) is 3. The van der Waals surface area contributed by atoms with Crippen molar-refractivity contribution in [2.45, 2.75) is 18.8 Å². The summed E-state index contributed by atoms with van der Waals surface area (Å²) in [6.07, 6.45) is 4.45. The minimum Gasteiger partial charge on any atom is -0.311 e. The van der Waals surface area contributed by atoms with Gasteiger partial charge < -0.3 is 4.57 Å². The molecule has 0 aliphatic heterocycles. The first-order valence-electron chi connectivity index (χ1n) is 6.22. The van der Waals surface area contributed by atoms with Crippen molar-refractivity contribution in [3.8, 4) is 0 Å². The largest absolute Gasteiger partial charge is 0.311 e. The summed E-state index contributed by atoms with van der Waals surface area (Å²) in [6, 6.07) is 3.97. The van der Waals surface area contributed by atoms with E-state index in [1.54, 1.807) is 12.4 Å². The number of halogens is 2. The van der Waals surface area contributed by atoms with Crippen LogP contribution in [0.15, 0.2) is 29.0 Å². The van der Waals surface area contributed by atoms with Crippen LogP contribution >= 0.6 is 27.5 Å². The summed E-state index contributed by atoms with van der Waals surface area (Å²) in [7, 11) is 1.94. The van der Waals surface area contributed by atoms with Gasteiger partial charge in [-0.3, -0.25) is 4.68 Å². The van der Waals surface area contributed by atoms with Crippen LogP contribution in [0.1, 0.15) is 11.5 Å². The molecule has 3 aromatic rings. The summed E-state index contributed by atoms with van der Waals surface area (Å²) in [4.78, 5) is 8.97. The molecule has 104 valence electrons. The van der Waals surface area contributed by atoms with Crippen LogP contribution in [0.25, 0.3) is 11.2 Å². The number of nitrogens with zero attached hydrogens (tertiary/aromatic N) is 5. The highest BCUT2D eigenvalue weighted by molar-refractivity contribution is 9.10. The topological polar surface area (TPSA) is 48.5 Å². The lowest BCUT2D eigenvalue weighted by Crippen LogP contribution is -2.08. The van der Waals surface area contributed by atoms with Crippen molar-refractivity contribution in [1.82, 2.24) is 24.3 Å². The number of imidazole rings is 1. The predicted molar refractivity (Wildman–Crippen MR) is 81.7 cm³/mol. The molecule has 0 aromatic carbocycles.